The van der Waals surface area contributed by atoms with Crippen LogP contribution in [0.3, 0.4) is 0 Å². The molecular weight excluding hydrogens is 434 g/mol. The van der Waals surface area contributed by atoms with Crippen molar-refractivity contribution in [1.82, 2.24) is 15.2 Å². The Morgan fingerprint density at radius 1 is 1.32 bits per heavy atom. The van der Waals surface area contributed by atoms with Gasteiger partial charge in [0.15, 0.2) is 5.82 Å². The summed E-state index contributed by atoms with van der Waals surface area (Å²) in [7, 11) is 0. The molecule has 0 atom stereocenters. The minimum absolute atomic E-state index is 0.0213. The Labute approximate surface area is 170 Å². The molecule has 0 aliphatic heterocycles. The van der Waals surface area contributed by atoms with Crippen LogP contribution in [0.1, 0.15) is 39.3 Å². The van der Waals surface area contributed by atoms with Crippen molar-refractivity contribution in [1.29, 1.82) is 0 Å². The van der Waals surface area contributed by atoms with Crippen LogP contribution in [0.2, 0.25) is 0 Å². The van der Waals surface area contributed by atoms with E-state index >= 15 is 0 Å². The number of aromatic nitrogens is 3. The largest absolute Gasteiger partial charge is 0.443 e. The molecule has 3 rings (SSSR count). The van der Waals surface area contributed by atoms with Crippen molar-refractivity contribution in [3.63, 3.8) is 0 Å². The van der Waals surface area contributed by atoms with Crippen molar-refractivity contribution in [2.24, 2.45) is 0 Å². The first-order chi connectivity index (χ1) is 13.1. The van der Waals surface area contributed by atoms with E-state index in [-0.39, 0.29) is 30.9 Å². The van der Waals surface area contributed by atoms with Crippen molar-refractivity contribution >= 4 is 27.8 Å². The Kier molecular flexibility index (Phi) is 5.65. The van der Waals surface area contributed by atoms with Gasteiger partial charge in [0, 0.05) is 18.2 Å². The van der Waals surface area contributed by atoms with Gasteiger partial charge < -0.3 is 4.74 Å². The van der Waals surface area contributed by atoms with Gasteiger partial charge in [0.2, 0.25) is 0 Å². The van der Waals surface area contributed by atoms with Gasteiger partial charge in [-0.05, 0) is 73.8 Å². The minimum atomic E-state index is -1.09. The number of alkyl halides is 1. The summed E-state index contributed by atoms with van der Waals surface area (Å²) in [5.74, 6) is -0.295. The van der Waals surface area contributed by atoms with Crippen molar-refractivity contribution in [3.05, 3.63) is 46.6 Å². The highest BCUT2D eigenvalue weighted by atomic mass is 79.9. The van der Waals surface area contributed by atoms with Gasteiger partial charge >= 0.3 is 6.09 Å². The maximum atomic E-state index is 14.5. The third-order valence-corrected chi connectivity index (χ3v) is 4.88. The molecule has 0 spiro atoms. The summed E-state index contributed by atoms with van der Waals surface area (Å²) in [6.07, 6.45) is -0.169. The zero-order valence-corrected chi connectivity index (χ0v) is 17.4. The molecule has 150 valence electrons. The average molecular weight is 455 g/mol. The molecule has 9 heteroatoms. The van der Waals surface area contributed by atoms with E-state index in [0.717, 1.165) is 0 Å². The first kappa shape index (κ1) is 20.6. The van der Waals surface area contributed by atoms with E-state index in [1.165, 1.54) is 23.2 Å². The fraction of sp³-hybridized carbons (Fsp3) is 0.474. The molecule has 1 amide bonds. The molecule has 2 aromatic heterocycles. The maximum absolute atomic E-state index is 14.5. The molecule has 0 saturated heterocycles. The van der Waals surface area contributed by atoms with Crippen molar-refractivity contribution < 1.29 is 18.3 Å². The number of anilines is 1. The summed E-state index contributed by atoms with van der Waals surface area (Å²) in [6, 6.07) is 5.98. The van der Waals surface area contributed by atoms with Crippen LogP contribution in [0.5, 0.6) is 0 Å². The zero-order valence-electron chi connectivity index (χ0n) is 15.8. The van der Waals surface area contributed by atoms with Crippen molar-refractivity contribution in [2.45, 2.75) is 50.8 Å². The summed E-state index contributed by atoms with van der Waals surface area (Å²) in [5.41, 5.74) is -1.57. The van der Waals surface area contributed by atoms with Crippen LogP contribution in [0.15, 0.2) is 35.1 Å². The Morgan fingerprint density at radius 3 is 2.57 bits per heavy atom. The fourth-order valence-corrected chi connectivity index (χ4v) is 3.48. The number of halogens is 3. The van der Waals surface area contributed by atoms with Gasteiger partial charge in [0.05, 0.1) is 5.69 Å². The molecule has 0 aromatic carbocycles. The van der Waals surface area contributed by atoms with Crippen LogP contribution < -0.4 is 4.90 Å². The quantitative estimate of drug-likeness (QED) is 0.675. The van der Waals surface area contributed by atoms with Crippen LogP contribution in [0, 0.1) is 5.82 Å². The van der Waals surface area contributed by atoms with Crippen LogP contribution in [0.4, 0.5) is 19.4 Å². The number of ether oxygens (including phenoxy) is 1. The van der Waals surface area contributed by atoms with Crippen LogP contribution in [0.25, 0.3) is 0 Å². The van der Waals surface area contributed by atoms with Gasteiger partial charge in [-0.3, -0.25) is 9.88 Å². The third kappa shape index (κ3) is 4.45. The second-order valence-electron chi connectivity index (χ2n) is 7.90. The van der Waals surface area contributed by atoms with E-state index in [4.69, 9.17) is 4.74 Å². The molecule has 1 aliphatic rings. The molecule has 0 bridgehead atoms. The van der Waals surface area contributed by atoms with E-state index in [9.17, 15) is 13.6 Å². The first-order valence-corrected chi connectivity index (χ1v) is 9.64. The summed E-state index contributed by atoms with van der Waals surface area (Å²) in [5, 5.41) is 7.94. The molecule has 1 aliphatic carbocycles. The molecule has 2 heterocycles. The topological polar surface area (TPSA) is 68.2 Å². The number of rotatable bonds is 4. The summed E-state index contributed by atoms with van der Waals surface area (Å²) >= 11 is 3.20. The average Bonchev–Trinajstić information content (AvgIpc) is 2.57. The van der Waals surface area contributed by atoms with Gasteiger partial charge in [0.1, 0.15) is 22.2 Å². The van der Waals surface area contributed by atoms with E-state index in [1.807, 2.05) is 0 Å². The molecule has 28 heavy (non-hydrogen) atoms. The van der Waals surface area contributed by atoms with Gasteiger partial charge in [-0.15, -0.1) is 10.2 Å². The lowest BCUT2D eigenvalue weighted by Gasteiger charge is -2.46. The van der Waals surface area contributed by atoms with Gasteiger partial charge in [-0.1, -0.05) is 0 Å². The van der Waals surface area contributed by atoms with E-state index in [2.05, 4.69) is 31.1 Å². The molecule has 0 N–H and O–H groups in total. The number of hydrogen-bond donors (Lipinski definition) is 0. The van der Waals surface area contributed by atoms with Gasteiger partial charge in [-0.25, -0.2) is 13.6 Å². The second kappa shape index (κ2) is 7.69. The predicted octanol–water partition coefficient (Wildman–Crippen LogP) is 4.58. The summed E-state index contributed by atoms with van der Waals surface area (Å²) in [4.78, 5) is 18.3. The highest BCUT2D eigenvalue weighted by molar-refractivity contribution is 9.10. The number of carbonyl (C=O) groups excluding carboxylic acids is 1. The molecule has 1 saturated carbocycles. The Balaban J connectivity index is 1.98. The Hall–Kier alpha value is -2.16. The predicted molar refractivity (Wildman–Crippen MR) is 103 cm³/mol. The highest BCUT2D eigenvalue weighted by Gasteiger charge is 2.51. The van der Waals surface area contributed by atoms with E-state index in [0.29, 0.717) is 4.60 Å². The van der Waals surface area contributed by atoms with Gasteiger partial charge in [0.25, 0.3) is 0 Å². The normalized spacial score (nSPS) is 21.7. The Morgan fingerprint density at radius 2 is 2.04 bits per heavy atom. The smallest absolute Gasteiger partial charge is 0.416 e. The number of pyridine rings is 1. The lowest BCUT2D eigenvalue weighted by molar-refractivity contribution is 0.0507. The van der Waals surface area contributed by atoms with Gasteiger partial charge in [-0.2, -0.15) is 0 Å². The van der Waals surface area contributed by atoms with Crippen molar-refractivity contribution in [2.75, 3.05) is 11.4 Å². The molecule has 2 aromatic rings. The van der Waals surface area contributed by atoms with Crippen LogP contribution in [-0.4, -0.2) is 39.6 Å². The third-order valence-electron chi connectivity index (χ3n) is 4.45. The van der Waals surface area contributed by atoms with E-state index in [1.54, 1.807) is 32.9 Å². The van der Waals surface area contributed by atoms with Crippen LogP contribution >= 0.6 is 15.9 Å². The monoisotopic (exact) mass is 454 g/mol. The van der Waals surface area contributed by atoms with Crippen LogP contribution in [-0.2, 0) is 10.2 Å². The highest BCUT2D eigenvalue weighted by Crippen LogP contribution is 2.46. The van der Waals surface area contributed by atoms with Crippen molar-refractivity contribution in [3.8, 4) is 0 Å². The lowest BCUT2D eigenvalue weighted by Crippen LogP contribution is -2.54. The standard InChI is InChI=1S/C19H21BrF2N4O2/c1-18(2,3)28-17(27)26(15-7-6-14(20)24-25-15)11-19(9-12(21)10-19)16-13(22)5-4-8-23-16/h4-8,12H,9-11H2,1-3H3. The molecule has 1 fully saturated rings. The molecule has 0 radical (unpaired) electrons. The first-order valence-electron chi connectivity index (χ1n) is 8.84. The number of amides is 1. The van der Waals surface area contributed by atoms with E-state index < -0.39 is 29.1 Å². The maximum Gasteiger partial charge on any atom is 0.416 e. The number of hydrogen-bond acceptors (Lipinski definition) is 5. The minimum Gasteiger partial charge on any atom is -0.443 e. The zero-order chi connectivity index (χ0) is 20.5. The number of carbonyl (C=O) groups is 1. The molecule has 6 nitrogen and oxygen atoms in total. The summed E-state index contributed by atoms with van der Waals surface area (Å²) in [6.45, 7) is 5.20. The second-order valence-corrected chi connectivity index (χ2v) is 8.71. The number of nitrogens with zero attached hydrogens (tertiary/aromatic N) is 4. The Bertz CT molecular complexity index is 852. The summed E-state index contributed by atoms with van der Waals surface area (Å²) < 4.78 is 34.3. The molecule has 0 unspecified atom stereocenters. The fourth-order valence-electron chi connectivity index (χ4n) is 3.27. The lowest BCUT2D eigenvalue weighted by atomic mass is 9.64. The molecular formula is C19H21BrF2N4O2. The SMILES string of the molecule is CC(C)(C)OC(=O)N(CC1(c2ncccc2F)CC(F)C1)c1ccc(Br)nn1.